The van der Waals surface area contributed by atoms with Gasteiger partial charge in [0.2, 0.25) is 10.0 Å². The van der Waals surface area contributed by atoms with E-state index < -0.39 is 22.8 Å². The third-order valence-corrected chi connectivity index (χ3v) is 3.98. The first-order chi connectivity index (χ1) is 9.65. The van der Waals surface area contributed by atoms with Crippen LogP contribution in [-0.2, 0) is 28.4 Å². The van der Waals surface area contributed by atoms with Gasteiger partial charge < -0.3 is 14.6 Å². The maximum Gasteiger partial charge on any atom is 0.411 e. The molecule has 1 rings (SSSR count). The van der Waals surface area contributed by atoms with E-state index >= 15 is 0 Å². The Morgan fingerprint density at radius 3 is 2.62 bits per heavy atom. The van der Waals surface area contributed by atoms with Crippen LogP contribution in [0.15, 0.2) is 17.2 Å². The first-order valence-corrected chi connectivity index (χ1v) is 7.58. The fourth-order valence-corrected chi connectivity index (χ4v) is 2.71. The molecule has 0 aromatic carbocycles. The van der Waals surface area contributed by atoms with E-state index in [4.69, 9.17) is 0 Å². The van der Waals surface area contributed by atoms with Crippen LogP contribution in [0.2, 0.25) is 0 Å². The Balaban J connectivity index is 2.52. The molecular formula is C11H18F3N3O3S. The van der Waals surface area contributed by atoms with Gasteiger partial charge in [0.25, 0.3) is 0 Å². The largest absolute Gasteiger partial charge is 0.411 e. The number of nitrogens with one attached hydrogen (secondary N) is 2. The average Bonchev–Trinajstić information content (AvgIpc) is 2.70. The lowest BCUT2D eigenvalue weighted by Crippen LogP contribution is -2.28. The summed E-state index contributed by atoms with van der Waals surface area (Å²) in [5, 5.41) is 2.90. The average molecular weight is 329 g/mol. The molecule has 10 heteroatoms. The van der Waals surface area contributed by atoms with Crippen molar-refractivity contribution in [1.82, 2.24) is 14.6 Å². The van der Waals surface area contributed by atoms with E-state index in [9.17, 15) is 21.6 Å². The molecule has 0 bridgehead atoms. The van der Waals surface area contributed by atoms with Gasteiger partial charge in [-0.1, -0.05) is 0 Å². The van der Waals surface area contributed by atoms with Crippen molar-refractivity contribution in [2.45, 2.75) is 17.6 Å². The quantitative estimate of drug-likeness (QED) is 0.685. The molecule has 0 saturated carbocycles. The Morgan fingerprint density at radius 2 is 2.05 bits per heavy atom. The van der Waals surface area contributed by atoms with Gasteiger partial charge in [-0.05, 0) is 13.1 Å². The highest BCUT2D eigenvalue weighted by molar-refractivity contribution is 7.89. The molecule has 1 aromatic heterocycles. The number of aryl methyl sites for hydroxylation is 1. The number of aromatic nitrogens is 1. The van der Waals surface area contributed by atoms with E-state index in [0.717, 1.165) is 5.69 Å². The molecule has 0 atom stereocenters. The van der Waals surface area contributed by atoms with Crippen molar-refractivity contribution >= 4 is 10.0 Å². The van der Waals surface area contributed by atoms with E-state index in [-0.39, 0.29) is 18.0 Å². The van der Waals surface area contributed by atoms with Gasteiger partial charge in [-0.25, -0.2) is 13.1 Å². The van der Waals surface area contributed by atoms with Crippen molar-refractivity contribution < 1.29 is 26.3 Å². The molecule has 0 aliphatic heterocycles. The summed E-state index contributed by atoms with van der Waals surface area (Å²) >= 11 is 0. The molecule has 21 heavy (non-hydrogen) atoms. The lowest BCUT2D eigenvalue weighted by atomic mass is 10.4. The molecule has 0 spiro atoms. The highest BCUT2D eigenvalue weighted by Gasteiger charge is 2.27. The van der Waals surface area contributed by atoms with E-state index in [1.807, 2.05) is 0 Å². The monoisotopic (exact) mass is 329 g/mol. The molecule has 0 unspecified atom stereocenters. The molecule has 1 aromatic rings. The van der Waals surface area contributed by atoms with Crippen molar-refractivity contribution in [1.29, 1.82) is 0 Å². The molecular weight excluding hydrogens is 311 g/mol. The molecule has 0 amide bonds. The summed E-state index contributed by atoms with van der Waals surface area (Å²) < 4.78 is 67.5. The lowest BCUT2D eigenvalue weighted by Gasteiger charge is -2.08. The minimum atomic E-state index is -4.42. The second-order valence-corrected chi connectivity index (χ2v) is 6.14. The maximum absolute atomic E-state index is 11.9. The predicted molar refractivity (Wildman–Crippen MR) is 70.2 cm³/mol. The van der Waals surface area contributed by atoms with Crippen molar-refractivity contribution in [3.8, 4) is 0 Å². The number of halogens is 3. The summed E-state index contributed by atoms with van der Waals surface area (Å²) in [5.41, 5.74) is 0.770. The summed E-state index contributed by atoms with van der Waals surface area (Å²) in [5.74, 6) is 0. The van der Waals surface area contributed by atoms with Gasteiger partial charge in [0.1, 0.15) is 6.61 Å². The van der Waals surface area contributed by atoms with Crippen LogP contribution in [0.4, 0.5) is 13.2 Å². The number of rotatable bonds is 8. The molecule has 6 nitrogen and oxygen atoms in total. The SMILES string of the molecule is CNCc1cc(S(=O)(=O)NCCOCC(F)(F)F)cn1C. The number of hydrogen-bond donors (Lipinski definition) is 2. The van der Waals surface area contributed by atoms with Crippen LogP contribution in [0.25, 0.3) is 0 Å². The number of hydrogen-bond acceptors (Lipinski definition) is 4. The van der Waals surface area contributed by atoms with Crippen molar-refractivity contribution in [2.75, 3.05) is 26.8 Å². The topological polar surface area (TPSA) is 72.4 Å². The summed E-state index contributed by atoms with van der Waals surface area (Å²) in [6.07, 6.45) is -2.98. The van der Waals surface area contributed by atoms with Crippen molar-refractivity contribution in [2.24, 2.45) is 7.05 Å². The second kappa shape index (κ2) is 7.25. The normalized spacial score (nSPS) is 12.8. The zero-order valence-corrected chi connectivity index (χ0v) is 12.5. The Kier molecular flexibility index (Phi) is 6.20. The lowest BCUT2D eigenvalue weighted by molar-refractivity contribution is -0.173. The minimum Gasteiger partial charge on any atom is -0.371 e. The Labute approximate surface area is 121 Å². The predicted octanol–water partition coefficient (Wildman–Crippen LogP) is 0.602. The highest BCUT2D eigenvalue weighted by Crippen LogP contribution is 2.15. The molecule has 122 valence electrons. The van der Waals surface area contributed by atoms with Crippen LogP contribution in [0, 0.1) is 0 Å². The molecule has 2 N–H and O–H groups in total. The number of nitrogens with zero attached hydrogens (tertiary/aromatic N) is 1. The summed E-state index contributed by atoms with van der Waals surface area (Å²) in [6, 6.07) is 1.50. The standard InChI is InChI=1S/C11H18F3N3O3S/c1-15-6-9-5-10(7-17(9)2)21(18,19)16-3-4-20-8-11(12,13)14/h5,7,15-16H,3-4,6,8H2,1-2H3. The first-order valence-electron chi connectivity index (χ1n) is 6.10. The third kappa shape index (κ3) is 6.04. The smallest absolute Gasteiger partial charge is 0.371 e. The summed E-state index contributed by atoms with van der Waals surface area (Å²) in [4.78, 5) is 0.0612. The minimum absolute atomic E-state index is 0.0612. The van der Waals surface area contributed by atoms with Crippen LogP contribution in [0.1, 0.15) is 5.69 Å². The van der Waals surface area contributed by atoms with Gasteiger partial charge in [-0.15, -0.1) is 0 Å². The fraction of sp³-hybridized carbons (Fsp3) is 0.636. The van der Waals surface area contributed by atoms with Gasteiger partial charge in [0.15, 0.2) is 0 Å². The maximum atomic E-state index is 11.9. The zero-order valence-electron chi connectivity index (χ0n) is 11.7. The van der Waals surface area contributed by atoms with Gasteiger partial charge in [-0.2, -0.15) is 13.2 Å². The Bertz CT molecular complexity index is 555. The van der Waals surface area contributed by atoms with Crippen molar-refractivity contribution in [3.05, 3.63) is 18.0 Å². The molecule has 0 fully saturated rings. The second-order valence-electron chi connectivity index (χ2n) is 4.37. The van der Waals surface area contributed by atoms with Gasteiger partial charge >= 0.3 is 6.18 Å². The third-order valence-electron chi connectivity index (χ3n) is 2.56. The first kappa shape index (κ1) is 18.0. The highest BCUT2D eigenvalue weighted by atomic mass is 32.2. The van der Waals surface area contributed by atoms with Crippen LogP contribution >= 0.6 is 0 Å². The fourth-order valence-electron chi connectivity index (χ4n) is 1.60. The Morgan fingerprint density at radius 1 is 1.38 bits per heavy atom. The number of ether oxygens (including phenoxy) is 1. The Hall–Kier alpha value is -1.10. The zero-order chi connectivity index (χ0) is 16.1. The van der Waals surface area contributed by atoms with Crippen LogP contribution in [-0.4, -0.2) is 46.0 Å². The van der Waals surface area contributed by atoms with E-state index in [2.05, 4.69) is 14.8 Å². The van der Waals surface area contributed by atoms with Crippen molar-refractivity contribution in [3.63, 3.8) is 0 Å². The van der Waals surface area contributed by atoms with Gasteiger partial charge in [-0.3, -0.25) is 0 Å². The van der Waals surface area contributed by atoms with Crippen LogP contribution in [0.5, 0.6) is 0 Å². The van der Waals surface area contributed by atoms with Gasteiger partial charge in [0.05, 0.1) is 11.5 Å². The summed E-state index contributed by atoms with van der Waals surface area (Å²) in [7, 11) is -0.316. The van der Waals surface area contributed by atoms with E-state index in [1.54, 1.807) is 18.7 Å². The van der Waals surface area contributed by atoms with E-state index in [1.165, 1.54) is 12.3 Å². The molecule has 0 aliphatic rings. The van der Waals surface area contributed by atoms with Crippen LogP contribution < -0.4 is 10.0 Å². The number of sulfonamides is 1. The molecule has 1 heterocycles. The molecule has 0 saturated heterocycles. The van der Waals surface area contributed by atoms with E-state index in [0.29, 0.717) is 6.54 Å². The number of alkyl halides is 3. The van der Waals surface area contributed by atoms with Crippen LogP contribution in [0.3, 0.4) is 0 Å². The molecule has 0 aliphatic carbocycles. The van der Waals surface area contributed by atoms with Gasteiger partial charge in [0, 0.05) is 32.0 Å². The molecule has 0 radical (unpaired) electrons. The summed E-state index contributed by atoms with van der Waals surface area (Å²) in [6.45, 7) is -1.48.